The van der Waals surface area contributed by atoms with Crippen molar-refractivity contribution in [3.63, 3.8) is 0 Å². The maximum atomic E-state index is 11.3. The Bertz CT molecular complexity index is 225. The lowest BCUT2D eigenvalue weighted by Crippen LogP contribution is -2.33. The highest BCUT2D eigenvalue weighted by molar-refractivity contribution is 5.67. The number of allylic oxidation sites excluding steroid dienone is 2. The maximum absolute atomic E-state index is 11.3. The van der Waals surface area contributed by atoms with E-state index in [0.717, 1.165) is 6.54 Å². The zero-order chi connectivity index (χ0) is 11.7. The molecule has 0 saturated heterocycles. The first kappa shape index (κ1) is 13.7. The van der Waals surface area contributed by atoms with Gasteiger partial charge in [0.2, 0.25) is 0 Å². The molecule has 0 N–H and O–H groups in total. The minimum Gasteiger partial charge on any atom is -0.445 e. The van der Waals surface area contributed by atoms with Gasteiger partial charge in [-0.25, -0.2) is 4.79 Å². The summed E-state index contributed by atoms with van der Waals surface area (Å²) in [7, 11) is 5.65. The fourth-order valence-electron chi connectivity index (χ4n) is 0.823. The van der Waals surface area contributed by atoms with Crippen LogP contribution < -0.4 is 0 Å². The van der Waals surface area contributed by atoms with Gasteiger partial charge in [-0.05, 0) is 20.2 Å². The van der Waals surface area contributed by atoms with Gasteiger partial charge in [0.1, 0.15) is 6.61 Å². The number of hydrogen-bond acceptors (Lipinski definition) is 3. The lowest BCUT2D eigenvalue weighted by Gasteiger charge is -2.18. The summed E-state index contributed by atoms with van der Waals surface area (Å²) in [5.74, 6) is 0. The molecule has 0 atom stereocenters. The number of rotatable bonds is 6. The minimum atomic E-state index is -0.300. The van der Waals surface area contributed by atoms with Crippen LogP contribution >= 0.6 is 0 Å². The van der Waals surface area contributed by atoms with Gasteiger partial charge in [-0.3, -0.25) is 0 Å². The van der Waals surface area contributed by atoms with Crippen molar-refractivity contribution in [2.24, 2.45) is 0 Å². The van der Waals surface area contributed by atoms with E-state index in [1.807, 2.05) is 19.0 Å². The maximum Gasteiger partial charge on any atom is 0.409 e. The summed E-state index contributed by atoms with van der Waals surface area (Å²) in [6.07, 6.45) is 4.83. The zero-order valence-electron chi connectivity index (χ0n) is 9.77. The highest BCUT2D eigenvalue weighted by Gasteiger charge is 2.08. The summed E-state index contributed by atoms with van der Waals surface area (Å²) in [5.41, 5.74) is 0. The van der Waals surface area contributed by atoms with Gasteiger partial charge in [0, 0.05) is 20.1 Å². The standard InChI is InChI=1S/C11H20N2O2/c1-5-6-7-10-15-11(14)13(4)9-8-12(2)3/h5-7H,1,8-10H2,2-4H3. The Morgan fingerprint density at radius 2 is 2.00 bits per heavy atom. The number of likely N-dealkylation sites (N-methyl/N-ethyl adjacent to an activating group) is 2. The van der Waals surface area contributed by atoms with Crippen LogP contribution in [-0.4, -0.2) is 56.7 Å². The average Bonchev–Trinajstić information content (AvgIpc) is 2.20. The van der Waals surface area contributed by atoms with Crippen molar-refractivity contribution in [2.75, 3.05) is 40.8 Å². The van der Waals surface area contributed by atoms with E-state index in [1.54, 1.807) is 30.2 Å². The van der Waals surface area contributed by atoms with E-state index >= 15 is 0 Å². The summed E-state index contributed by atoms with van der Waals surface area (Å²) < 4.78 is 4.97. The van der Waals surface area contributed by atoms with Crippen LogP contribution in [0, 0.1) is 0 Å². The molecule has 0 unspecified atom stereocenters. The van der Waals surface area contributed by atoms with Crippen LogP contribution in [0.4, 0.5) is 4.79 Å². The Balaban J connectivity index is 3.69. The molecule has 0 heterocycles. The normalized spacial score (nSPS) is 10.7. The number of amides is 1. The first-order valence-electron chi connectivity index (χ1n) is 4.88. The summed E-state index contributed by atoms with van der Waals surface area (Å²) >= 11 is 0. The van der Waals surface area contributed by atoms with Gasteiger partial charge in [-0.15, -0.1) is 0 Å². The zero-order valence-corrected chi connectivity index (χ0v) is 9.77. The molecule has 15 heavy (non-hydrogen) atoms. The molecule has 4 nitrogen and oxygen atoms in total. The number of ether oxygens (including phenoxy) is 1. The van der Waals surface area contributed by atoms with Crippen LogP contribution in [0.25, 0.3) is 0 Å². The third-order valence-electron chi connectivity index (χ3n) is 1.77. The lowest BCUT2D eigenvalue weighted by atomic mass is 10.5. The van der Waals surface area contributed by atoms with Crippen molar-refractivity contribution < 1.29 is 9.53 Å². The van der Waals surface area contributed by atoms with Crippen LogP contribution in [0.1, 0.15) is 0 Å². The van der Waals surface area contributed by atoms with E-state index in [-0.39, 0.29) is 12.7 Å². The van der Waals surface area contributed by atoms with E-state index < -0.39 is 0 Å². The van der Waals surface area contributed by atoms with Crippen molar-refractivity contribution in [2.45, 2.75) is 0 Å². The van der Waals surface area contributed by atoms with Gasteiger partial charge in [0.05, 0.1) is 0 Å². The van der Waals surface area contributed by atoms with Crippen LogP contribution in [0.2, 0.25) is 0 Å². The Morgan fingerprint density at radius 1 is 1.33 bits per heavy atom. The van der Waals surface area contributed by atoms with Gasteiger partial charge in [0.25, 0.3) is 0 Å². The summed E-state index contributed by atoms with van der Waals surface area (Å²) in [6, 6.07) is 0. The molecule has 0 aromatic carbocycles. The van der Waals surface area contributed by atoms with Crippen molar-refractivity contribution in [3.05, 3.63) is 24.8 Å². The van der Waals surface area contributed by atoms with E-state index in [9.17, 15) is 4.79 Å². The molecule has 86 valence electrons. The van der Waals surface area contributed by atoms with Gasteiger partial charge in [-0.1, -0.05) is 18.7 Å². The predicted molar refractivity (Wildman–Crippen MR) is 61.9 cm³/mol. The molecule has 0 rings (SSSR count). The fraction of sp³-hybridized carbons (Fsp3) is 0.545. The molecule has 0 bridgehead atoms. The smallest absolute Gasteiger partial charge is 0.409 e. The second-order valence-corrected chi connectivity index (χ2v) is 3.47. The Morgan fingerprint density at radius 3 is 2.53 bits per heavy atom. The first-order valence-corrected chi connectivity index (χ1v) is 4.88. The van der Waals surface area contributed by atoms with Crippen molar-refractivity contribution in [3.8, 4) is 0 Å². The van der Waals surface area contributed by atoms with Crippen LogP contribution in [0.5, 0.6) is 0 Å². The molecule has 4 heteroatoms. The molecule has 0 aliphatic carbocycles. The van der Waals surface area contributed by atoms with Gasteiger partial charge < -0.3 is 14.5 Å². The molecule has 1 amide bonds. The molecule has 0 fully saturated rings. The van der Waals surface area contributed by atoms with Gasteiger partial charge >= 0.3 is 6.09 Å². The molecule has 0 aliphatic heterocycles. The van der Waals surface area contributed by atoms with E-state index in [0.29, 0.717) is 6.54 Å². The second-order valence-electron chi connectivity index (χ2n) is 3.47. The molecule has 0 spiro atoms. The average molecular weight is 212 g/mol. The molecule has 0 aromatic heterocycles. The molecular weight excluding hydrogens is 192 g/mol. The predicted octanol–water partition coefficient (Wildman–Crippen LogP) is 1.36. The van der Waals surface area contributed by atoms with E-state index in [2.05, 4.69) is 6.58 Å². The number of hydrogen-bond donors (Lipinski definition) is 0. The Labute approximate surface area is 91.8 Å². The third kappa shape index (κ3) is 7.76. The SMILES string of the molecule is C=CC=CCOC(=O)N(C)CCN(C)C. The molecule has 0 radical (unpaired) electrons. The van der Waals surface area contributed by atoms with Gasteiger partial charge in [-0.2, -0.15) is 0 Å². The Hall–Kier alpha value is -1.29. The van der Waals surface area contributed by atoms with E-state index in [1.165, 1.54) is 0 Å². The number of carbonyl (C=O) groups is 1. The third-order valence-corrected chi connectivity index (χ3v) is 1.77. The quantitative estimate of drug-likeness (QED) is 0.623. The summed E-state index contributed by atoms with van der Waals surface area (Å²) in [4.78, 5) is 14.9. The van der Waals surface area contributed by atoms with Crippen LogP contribution in [-0.2, 0) is 4.74 Å². The van der Waals surface area contributed by atoms with Crippen LogP contribution in [0.3, 0.4) is 0 Å². The topological polar surface area (TPSA) is 32.8 Å². The van der Waals surface area contributed by atoms with Crippen molar-refractivity contribution >= 4 is 6.09 Å². The highest BCUT2D eigenvalue weighted by Crippen LogP contribution is 1.91. The van der Waals surface area contributed by atoms with E-state index in [4.69, 9.17) is 4.74 Å². The largest absolute Gasteiger partial charge is 0.445 e. The number of nitrogens with zero attached hydrogens (tertiary/aromatic N) is 2. The second kappa shape index (κ2) is 8.05. The summed E-state index contributed by atoms with van der Waals surface area (Å²) in [6.45, 7) is 5.30. The fourth-order valence-corrected chi connectivity index (χ4v) is 0.823. The highest BCUT2D eigenvalue weighted by atomic mass is 16.6. The van der Waals surface area contributed by atoms with Gasteiger partial charge in [0.15, 0.2) is 0 Å². The van der Waals surface area contributed by atoms with Crippen LogP contribution in [0.15, 0.2) is 24.8 Å². The number of carbonyl (C=O) groups excluding carboxylic acids is 1. The van der Waals surface area contributed by atoms with Crippen molar-refractivity contribution in [1.82, 2.24) is 9.80 Å². The molecule has 0 aliphatic rings. The Kier molecular flexibility index (Phi) is 7.36. The summed E-state index contributed by atoms with van der Waals surface area (Å²) in [5, 5.41) is 0. The first-order chi connectivity index (χ1) is 7.07. The molecular formula is C11H20N2O2. The minimum absolute atomic E-state index is 0.289. The monoisotopic (exact) mass is 212 g/mol. The lowest BCUT2D eigenvalue weighted by molar-refractivity contribution is 0.119. The van der Waals surface area contributed by atoms with Crippen molar-refractivity contribution in [1.29, 1.82) is 0 Å². The molecule has 0 saturated carbocycles. The molecule has 0 aromatic rings.